The van der Waals surface area contributed by atoms with E-state index < -0.39 is 92.2 Å². The van der Waals surface area contributed by atoms with Gasteiger partial charge in [0.25, 0.3) is 0 Å². The Kier molecular flexibility index (Phi) is 7.80. The summed E-state index contributed by atoms with van der Waals surface area (Å²) >= 11 is 0. The fourth-order valence-corrected chi connectivity index (χ4v) is 3.98. The van der Waals surface area contributed by atoms with E-state index in [1.807, 2.05) is 0 Å². The minimum atomic E-state index is -5.03. The highest BCUT2D eigenvalue weighted by Gasteiger charge is 2.44. The Balaban J connectivity index is 1.68. The van der Waals surface area contributed by atoms with E-state index in [0.717, 1.165) is 6.07 Å². The molecule has 14 heteroatoms. The van der Waals surface area contributed by atoms with Crippen molar-refractivity contribution < 1.29 is 62.2 Å². The van der Waals surface area contributed by atoms with E-state index in [2.05, 4.69) is 9.47 Å². The molecule has 0 unspecified atom stereocenters. The Morgan fingerprint density at radius 2 is 1.10 bits per heavy atom. The van der Waals surface area contributed by atoms with Gasteiger partial charge in [0, 0.05) is 24.3 Å². The molecule has 0 saturated carbocycles. The van der Waals surface area contributed by atoms with E-state index in [9.17, 15) is 52.7 Å². The van der Waals surface area contributed by atoms with E-state index in [4.69, 9.17) is 0 Å². The Bertz CT molecular complexity index is 1610. The third kappa shape index (κ3) is 5.59. The minimum Gasteiger partial charge on any atom is -0.429 e. The average molecular weight is 598 g/mol. The molecule has 0 radical (unpaired) electrons. The lowest BCUT2D eigenvalue weighted by molar-refractivity contribution is -0.191. The Hall–Kier alpha value is -4.10. The molecule has 41 heavy (non-hydrogen) atoms. The first kappa shape index (κ1) is 29.9. The van der Waals surface area contributed by atoms with Crippen molar-refractivity contribution >= 4 is 10.8 Å². The first-order valence-electron chi connectivity index (χ1n) is 11.4. The minimum absolute atomic E-state index is 0.00409. The first-order valence-corrected chi connectivity index (χ1v) is 11.4. The first-order chi connectivity index (χ1) is 19.1. The summed E-state index contributed by atoms with van der Waals surface area (Å²) in [5.41, 5.74) is -4.03. The van der Waals surface area contributed by atoms with Crippen LogP contribution in [0.2, 0.25) is 0 Å². The lowest BCUT2D eigenvalue weighted by atomic mass is 9.99. The molecule has 0 amide bonds. The molecule has 0 bridgehead atoms. The zero-order valence-corrected chi connectivity index (χ0v) is 20.3. The van der Waals surface area contributed by atoms with Crippen LogP contribution in [0, 0.1) is 46.5 Å². The third-order valence-electron chi connectivity index (χ3n) is 5.79. The molecule has 0 atom stereocenters. The summed E-state index contributed by atoms with van der Waals surface area (Å²) in [5, 5.41) is -1.42. The van der Waals surface area contributed by atoms with Gasteiger partial charge in [-0.25, -0.2) is 35.1 Å². The predicted molar refractivity (Wildman–Crippen MR) is 120 cm³/mol. The van der Waals surface area contributed by atoms with Crippen LogP contribution in [-0.2, 0) is 18.6 Å². The van der Waals surface area contributed by atoms with Crippen molar-refractivity contribution in [1.29, 1.82) is 0 Å². The largest absolute Gasteiger partial charge is 0.432 e. The highest BCUT2D eigenvalue weighted by atomic mass is 19.3. The highest BCUT2D eigenvalue weighted by Crippen LogP contribution is 2.41. The van der Waals surface area contributed by atoms with Crippen LogP contribution >= 0.6 is 0 Å². The van der Waals surface area contributed by atoms with E-state index >= 15 is 0 Å². The SMILES string of the molecule is CCCc1ccc2cc(C(F)(F)Oc3cc(F)c(C(F)(F)Oc4cc(F)c(F)c(F)c4)c(F)c3)c(F)c(F)c2c1F. The van der Waals surface area contributed by atoms with Gasteiger partial charge in [0.05, 0.1) is 5.39 Å². The molecule has 4 aromatic carbocycles. The number of rotatable bonds is 8. The second kappa shape index (κ2) is 10.7. The van der Waals surface area contributed by atoms with Crippen LogP contribution in [0.3, 0.4) is 0 Å². The molecule has 2 nitrogen and oxygen atoms in total. The third-order valence-corrected chi connectivity index (χ3v) is 5.79. The van der Waals surface area contributed by atoms with Gasteiger partial charge in [0.1, 0.15) is 40.1 Å². The number of fused-ring (bicyclic) bond motifs is 1. The normalized spacial score (nSPS) is 12.2. The summed E-state index contributed by atoms with van der Waals surface area (Å²) < 4.78 is 179. The average Bonchev–Trinajstić information content (AvgIpc) is 2.85. The van der Waals surface area contributed by atoms with Crippen molar-refractivity contribution in [3.05, 3.63) is 106 Å². The van der Waals surface area contributed by atoms with Crippen LogP contribution in [-0.4, -0.2) is 0 Å². The van der Waals surface area contributed by atoms with Gasteiger partial charge in [-0.3, -0.25) is 0 Å². The van der Waals surface area contributed by atoms with Gasteiger partial charge in [0.15, 0.2) is 29.1 Å². The molecule has 4 aromatic rings. The lowest BCUT2D eigenvalue weighted by Crippen LogP contribution is -2.27. The van der Waals surface area contributed by atoms with Gasteiger partial charge in [-0.15, -0.1) is 0 Å². The molecule has 0 aliphatic rings. The zero-order chi connectivity index (χ0) is 30.4. The molecule has 0 fully saturated rings. The van der Waals surface area contributed by atoms with Gasteiger partial charge >= 0.3 is 12.2 Å². The second-order valence-corrected chi connectivity index (χ2v) is 8.64. The summed E-state index contributed by atoms with van der Waals surface area (Å²) in [7, 11) is 0. The number of aryl methyl sites for hydroxylation is 1. The molecule has 0 aromatic heterocycles. The van der Waals surface area contributed by atoms with Gasteiger partial charge in [0.2, 0.25) is 0 Å². The number of alkyl halides is 4. The Labute approximate surface area is 222 Å². The van der Waals surface area contributed by atoms with E-state index in [-0.39, 0.29) is 36.2 Å². The van der Waals surface area contributed by atoms with E-state index in [1.165, 1.54) is 6.07 Å². The molecule has 0 spiro atoms. The zero-order valence-electron chi connectivity index (χ0n) is 20.3. The summed E-state index contributed by atoms with van der Waals surface area (Å²) in [6.45, 7) is 1.68. The molecular formula is C27H14F12O2. The topological polar surface area (TPSA) is 18.5 Å². The van der Waals surface area contributed by atoms with Crippen molar-refractivity contribution in [3.63, 3.8) is 0 Å². The van der Waals surface area contributed by atoms with Crippen molar-refractivity contribution in [2.75, 3.05) is 0 Å². The van der Waals surface area contributed by atoms with Crippen molar-refractivity contribution in [2.45, 2.75) is 32.0 Å². The molecule has 0 aliphatic heterocycles. The molecule has 0 aliphatic carbocycles. The quantitative estimate of drug-likeness (QED) is 0.149. The maximum absolute atomic E-state index is 14.9. The van der Waals surface area contributed by atoms with Crippen molar-refractivity contribution in [2.24, 2.45) is 0 Å². The molecule has 4 rings (SSSR count). The summed E-state index contributed by atoms with van der Waals surface area (Å²) in [4.78, 5) is 0. The summed E-state index contributed by atoms with van der Waals surface area (Å²) in [6.07, 6.45) is -9.33. The number of hydrogen-bond acceptors (Lipinski definition) is 2. The van der Waals surface area contributed by atoms with Gasteiger partial charge in [-0.2, -0.15) is 17.6 Å². The maximum atomic E-state index is 14.9. The van der Waals surface area contributed by atoms with Crippen LogP contribution in [0.5, 0.6) is 11.5 Å². The monoisotopic (exact) mass is 598 g/mol. The van der Waals surface area contributed by atoms with E-state index in [0.29, 0.717) is 12.5 Å². The van der Waals surface area contributed by atoms with Crippen LogP contribution in [0.1, 0.15) is 30.0 Å². The highest BCUT2D eigenvalue weighted by molar-refractivity contribution is 5.85. The molecule has 0 saturated heterocycles. The number of hydrogen-bond donors (Lipinski definition) is 0. The van der Waals surface area contributed by atoms with Crippen LogP contribution in [0.25, 0.3) is 10.8 Å². The summed E-state index contributed by atoms with van der Waals surface area (Å²) in [5.74, 6) is -18.8. The fraction of sp³-hybridized carbons (Fsp3) is 0.185. The Morgan fingerprint density at radius 1 is 0.585 bits per heavy atom. The van der Waals surface area contributed by atoms with Gasteiger partial charge < -0.3 is 9.47 Å². The predicted octanol–water partition coefficient (Wildman–Crippen LogP) is 9.16. The number of benzene rings is 4. The number of halogens is 12. The molecule has 0 heterocycles. The number of ether oxygens (including phenoxy) is 2. The molecular weight excluding hydrogens is 584 g/mol. The summed E-state index contributed by atoms with van der Waals surface area (Å²) in [6, 6.07) is 2.10. The molecule has 0 N–H and O–H groups in total. The lowest BCUT2D eigenvalue weighted by Gasteiger charge is -2.22. The second-order valence-electron chi connectivity index (χ2n) is 8.64. The van der Waals surface area contributed by atoms with Crippen LogP contribution in [0.15, 0.2) is 42.5 Å². The smallest absolute Gasteiger partial charge is 0.429 e. The standard InChI is InChI=1S/C27H14F12O2/c1-2-3-11-4-5-12-6-15(23(33)25(35)20(12)22(11)32)26(36,37)40-13-7-16(28)21(17(29)8-13)27(38,39)41-14-9-18(30)24(34)19(31)10-14/h4-10H,2-3H2,1H3. The van der Waals surface area contributed by atoms with E-state index in [1.54, 1.807) is 6.92 Å². The van der Waals surface area contributed by atoms with Crippen molar-refractivity contribution in [3.8, 4) is 11.5 Å². The Morgan fingerprint density at radius 3 is 1.63 bits per heavy atom. The van der Waals surface area contributed by atoms with Gasteiger partial charge in [-0.05, 0) is 23.4 Å². The van der Waals surface area contributed by atoms with Gasteiger partial charge in [-0.1, -0.05) is 25.5 Å². The van der Waals surface area contributed by atoms with Crippen LogP contribution in [0.4, 0.5) is 52.7 Å². The maximum Gasteiger partial charge on any atom is 0.432 e. The fourth-order valence-electron chi connectivity index (χ4n) is 3.98. The molecule has 218 valence electrons. The van der Waals surface area contributed by atoms with Crippen molar-refractivity contribution in [1.82, 2.24) is 0 Å². The van der Waals surface area contributed by atoms with Crippen LogP contribution < -0.4 is 9.47 Å².